The molecule has 0 bridgehead atoms. The average molecular weight is 168 g/mol. The van der Waals surface area contributed by atoms with Gasteiger partial charge < -0.3 is 4.90 Å². The minimum absolute atomic E-state index is 0.490. The third-order valence-corrected chi connectivity index (χ3v) is 2.24. The lowest BCUT2D eigenvalue weighted by Crippen LogP contribution is -2.26. The van der Waals surface area contributed by atoms with Crippen LogP contribution in [0.1, 0.15) is 19.8 Å². The van der Waals surface area contributed by atoms with Crippen molar-refractivity contribution in [2.24, 2.45) is 10.9 Å². The second-order valence-corrected chi connectivity index (χ2v) is 3.54. The second kappa shape index (κ2) is 5.07. The zero-order chi connectivity index (χ0) is 8.81. The van der Waals surface area contributed by atoms with Crippen molar-refractivity contribution < 1.29 is 4.79 Å². The van der Waals surface area contributed by atoms with E-state index in [1.807, 2.05) is 0 Å². The quantitative estimate of drug-likeness (QED) is 0.464. The van der Waals surface area contributed by atoms with Gasteiger partial charge in [0.05, 0.1) is 6.54 Å². The highest BCUT2D eigenvalue weighted by Crippen LogP contribution is 2.09. The first kappa shape index (κ1) is 9.43. The van der Waals surface area contributed by atoms with Crippen molar-refractivity contribution in [3.63, 3.8) is 0 Å². The molecule has 1 saturated heterocycles. The predicted octanol–water partition coefficient (Wildman–Crippen LogP) is 1.05. The van der Waals surface area contributed by atoms with Crippen molar-refractivity contribution in [1.29, 1.82) is 0 Å². The molecule has 0 saturated carbocycles. The Morgan fingerprint density at radius 2 is 2.17 bits per heavy atom. The average Bonchev–Trinajstić information content (AvgIpc) is 2.53. The number of carbonyl (C=O) groups excluding carboxylic acids is 1. The molecule has 3 nitrogen and oxygen atoms in total. The van der Waals surface area contributed by atoms with Crippen LogP contribution in [0.5, 0.6) is 0 Å². The van der Waals surface area contributed by atoms with E-state index in [2.05, 4.69) is 16.8 Å². The van der Waals surface area contributed by atoms with E-state index in [0.717, 1.165) is 6.54 Å². The van der Waals surface area contributed by atoms with Crippen molar-refractivity contribution in [3.8, 4) is 0 Å². The van der Waals surface area contributed by atoms with Crippen LogP contribution in [0.15, 0.2) is 4.99 Å². The van der Waals surface area contributed by atoms with E-state index in [-0.39, 0.29) is 0 Å². The molecule has 1 heterocycles. The number of nitrogens with zero attached hydrogens (tertiary/aromatic N) is 2. The maximum Gasteiger partial charge on any atom is 0.234 e. The summed E-state index contributed by atoms with van der Waals surface area (Å²) < 4.78 is 0. The molecule has 1 unspecified atom stereocenters. The van der Waals surface area contributed by atoms with E-state index in [1.54, 1.807) is 6.08 Å². The van der Waals surface area contributed by atoms with Crippen LogP contribution >= 0.6 is 0 Å². The normalized spacial score (nSPS) is 20.4. The zero-order valence-electron chi connectivity index (χ0n) is 7.62. The van der Waals surface area contributed by atoms with Gasteiger partial charge in [0.2, 0.25) is 6.08 Å². The molecule has 1 rings (SSSR count). The summed E-state index contributed by atoms with van der Waals surface area (Å²) >= 11 is 0. The SMILES string of the molecule is CC(CN=C=O)CN1CCCC1. The van der Waals surface area contributed by atoms with Gasteiger partial charge in [0.1, 0.15) is 0 Å². The Labute approximate surface area is 73.5 Å². The first-order valence-electron chi connectivity index (χ1n) is 4.59. The van der Waals surface area contributed by atoms with Crippen molar-refractivity contribution in [2.75, 3.05) is 26.2 Å². The molecule has 3 heteroatoms. The third-order valence-electron chi connectivity index (χ3n) is 2.24. The summed E-state index contributed by atoms with van der Waals surface area (Å²) in [5, 5.41) is 0. The molecular weight excluding hydrogens is 152 g/mol. The molecule has 0 spiro atoms. The number of hydrogen-bond acceptors (Lipinski definition) is 3. The predicted molar refractivity (Wildman–Crippen MR) is 47.8 cm³/mol. The summed E-state index contributed by atoms with van der Waals surface area (Å²) in [5.74, 6) is 0.490. The number of aliphatic imine (C=N–C) groups is 1. The molecule has 0 N–H and O–H groups in total. The molecule has 12 heavy (non-hydrogen) atoms. The van der Waals surface area contributed by atoms with Gasteiger partial charge in [-0.05, 0) is 31.8 Å². The Balaban J connectivity index is 2.15. The highest BCUT2D eigenvalue weighted by Gasteiger charge is 2.13. The van der Waals surface area contributed by atoms with Crippen LogP contribution in [-0.2, 0) is 4.79 Å². The van der Waals surface area contributed by atoms with Gasteiger partial charge in [-0.2, -0.15) is 0 Å². The molecule has 0 radical (unpaired) electrons. The summed E-state index contributed by atoms with van der Waals surface area (Å²) in [6.07, 6.45) is 4.23. The molecular formula is C9H16N2O. The van der Waals surface area contributed by atoms with E-state index in [1.165, 1.54) is 25.9 Å². The first-order valence-corrected chi connectivity index (χ1v) is 4.59. The van der Waals surface area contributed by atoms with Gasteiger partial charge in [-0.15, -0.1) is 0 Å². The molecule has 0 aromatic heterocycles. The van der Waals surface area contributed by atoms with Crippen LogP contribution in [0.4, 0.5) is 0 Å². The minimum Gasteiger partial charge on any atom is -0.303 e. The van der Waals surface area contributed by atoms with Crippen LogP contribution < -0.4 is 0 Å². The van der Waals surface area contributed by atoms with E-state index in [9.17, 15) is 4.79 Å². The van der Waals surface area contributed by atoms with Gasteiger partial charge in [-0.1, -0.05) is 6.92 Å². The number of rotatable bonds is 4. The standard InChI is InChI=1S/C9H16N2O/c1-9(6-10-8-12)7-11-4-2-3-5-11/h9H,2-7H2,1H3. The van der Waals surface area contributed by atoms with E-state index in [4.69, 9.17) is 0 Å². The monoisotopic (exact) mass is 168 g/mol. The number of likely N-dealkylation sites (tertiary alicyclic amines) is 1. The van der Waals surface area contributed by atoms with Crippen LogP contribution in [0.3, 0.4) is 0 Å². The smallest absolute Gasteiger partial charge is 0.234 e. The summed E-state index contributed by atoms with van der Waals surface area (Å²) in [5.41, 5.74) is 0. The molecule has 1 aliphatic rings. The van der Waals surface area contributed by atoms with E-state index < -0.39 is 0 Å². The Bertz CT molecular complexity index is 169. The lowest BCUT2D eigenvalue weighted by atomic mass is 10.2. The van der Waals surface area contributed by atoms with E-state index >= 15 is 0 Å². The lowest BCUT2D eigenvalue weighted by molar-refractivity contribution is 0.291. The van der Waals surface area contributed by atoms with Crippen molar-refractivity contribution >= 4 is 6.08 Å². The second-order valence-electron chi connectivity index (χ2n) is 3.54. The first-order chi connectivity index (χ1) is 5.83. The van der Waals surface area contributed by atoms with Gasteiger partial charge in [0.25, 0.3) is 0 Å². The summed E-state index contributed by atoms with van der Waals surface area (Å²) in [4.78, 5) is 15.9. The fourth-order valence-electron chi connectivity index (χ4n) is 1.66. The maximum absolute atomic E-state index is 9.84. The fourth-order valence-corrected chi connectivity index (χ4v) is 1.66. The minimum atomic E-state index is 0.490. The van der Waals surface area contributed by atoms with Gasteiger partial charge in [0, 0.05) is 6.54 Å². The fraction of sp³-hybridized carbons (Fsp3) is 0.889. The highest BCUT2D eigenvalue weighted by molar-refractivity contribution is 5.32. The Morgan fingerprint density at radius 3 is 2.75 bits per heavy atom. The summed E-state index contributed by atoms with van der Waals surface area (Å²) in [7, 11) is 0. The van der Waals surface area contributed by atoms with Gasteiger partial charge >= 0.3 is 0 Å². The molecule has 1 atom stereocenters. The Kier molecular flexibility index (Phi) is 3.98. The van der Waals surface area contributed by atoms with E-state index in [0.29, 0.717) is 12.5 Å². The summed E-state index contributed by atoms with van der Waals surface area (Å²) in [6, 6.07) is 0. The largest absolute Gasteiger partial charge is 0.303 e. The third kappa shape index (κ3) is 3.16. The van der Waals surface area contributed by atoms with Crippen molar-refractivity contribution in [3.05, 3.63) is 0 Å². The molecule has 0 aromatic carbocycles. The number of hydrogen-bond donors (Lipinski definition) is 0. The zero-order valence-corrected chi connectivity index (χ0v) is 7.62. The van der Waals surface area contributed by atoms with Crippen molar-refractivity contribution in [2.45, 2.75) is 19.8 Å². The molecule has 0 amide bonds. The molecule has 0 aromatic rings. The molecule has 1 aliphatic heterocycles. The topological polar surface area (TPSA) is 32.7 Å². The van der Waals surface area contributed by atoms with Gasteiger partial charge in [0.15, 0.2) is 0 Å². The Hall–Kier alpha value is -0.660. The Morgan fingerprint density at radius 1 is 1.50 bits per heavy atom. The molecule has 0 aliphatic carbocycles. The molecule has 68 valence electrons. The van der Waals surface area contributed by atoms with Crippen LogP contribution in [0.25, 0.3) is 0 Å². The maximum atomic E-state index is 9.84. The van der Waals surface area contributed by atoms with Crippen LogP contribution in [-0.4, -0.2) is 37.2 Å². The number of isocyanates is 1. The van der Waals surface area contributed by atoms with Gasteiger partial charge in [-0.3, -0.25) is 0 Å². The van der Waals surface area contributed by atoms with Crippen molar-refractivity contribution in [1.82, 2.24) is 4.90 Å². The van der Waals surface area contributed by atoms with Gasteiger partial charge in [-0.25, -0.2) is 9.79 Å². The van der Waals surface area contributed by atoms with Crippen LogP contribution in [0, 0.1) is 5.92 Å². The summed E-state index contributed by atoms with van der Waals surface area (Å²) in [6.45, 7) is 6.26. The highest BCUT2D eigenvalue weighted by atomic mass is 16.1. The van der Waals surface area contributed by atoms with Crippen LogP contribution in [0.2, 0.25) is 0 Å². The lowest BCUT2D eigenvalue weighted by Gasteiger charge is -2.17. The molecule has 1 fully saturated rings.